The van der Waals surface area contributed by atoms with Crippen LogP contribution in [0.4, 0.5) is 0 Å². The molecule has 1 aromatic carbocycles. The number of methoxy groups -OCH3 is 1. The fourth-order valence-electron chi connectivity index (χ4n) is 2.17. The van der Waals surface area contributed by atoms with E-state index in [0.717, 1.165) is 13.0 Å². The summed E-state index contributed by atoms with van der Waals surface area (Å²) < 4.78 is 31.9. The lowest BCUT2D eigenvalue weighted by Gasteiger charge is -2.28. The van der Waals surface area contributed by atoms with Crippen molar-refractivity contribution in [2.45, 2.75) is 25.3 Å². The highest BCUT2D eigenvalue weighted by molar-refractivity contribution is 7.89. The van der Waals surface area contributed by atoms with Gasteiger partial charge in [0.15, 0.2) is 17.1 Å². The summed E-state index contributed by atoms with van der Waals surface area (Å²) >= 11 is 5.02. The maximum Gasteiger partial charge on any atom is 0.331 e. The van der Waals surface area contributed by atoms with Crippen LogP contribution in [-0.2, 0) is 25.1 Å². The van der Waals surface area contributed by atoms with Crippen molar-refractivity contribution in [1.29, 1.82) is 0 Å². The summed E-state index contributed by atoms with van der Waals surface area (Å²) in [7, 11) is -0.603. The average Bonchev–Trinajstić information content (AvgIpc) is 2.50. The standard InChI is InChI=1S/C15H24ClN2O4S/c1-15(14(19)22-3,12-6-8-13(16)9-7-12)18-23(20,21)11-5-4-10-17-2/h6-9,16-18H,4-5,10-11H2,1-3H3/q+1. The van der Waals surface area contributed by atoms with Gasteiger partial charge in [0.05, 0.1) is 12.9 Å². The van der Waals surface area contributed by atoms with E-state index in [1.165, 1.54) is 14.0 Å². The molecule has 0 aliphatic rings. The van der Waals surface area contributed by atoms with E-state index in [4.69, 9.17) is 16.3 Å². The van der Waals surface area contributed by atoms with Crippen molar-refractivity contribution in [3.8, 4) is 0 Å². The monoisotopic (exact) mass is 363 g/mol. The summed E-state index contributed by atoms with van der Waals surface area (Å²) in [6, 6.07) is 6.55. The van der Waals surface area contributed by atoms with Crippen LogP contribution in [-0.4, -0.2) is 40.8 Å². The second-order valence-electron chi connectivity index (χ2n) is 5.37. The van der Waals surface area contributed by atoms with Crippen LogP contribution in [0.25, 0.3) is 0 Å². The lowest BCUT2D eigenvalue weighted by atomic mass is 9.93. The van der Waals surface area contributed by atoms with Crippen molar-refractivity contribution in [2.24, 2.45) is 0 Å². The molecular formula is C15H24ClN2O4S+. The van der Waals surface area contributed by atoms with E-state index in [1.54, 1.807) is 24.3 Å². The smallest absolute Gasteiger partial charge is 0.331 e. The molecule has 0 amide bonds. The number of benzene rings is 1. The quantitative estimate of drug-likeness (QED) is 0.498. The maximum absolute atomic E-state index is 12.3. The van der Waals surface area contributed by atoms with Gasteiger partial charge in [-0.15, -0.1) is 0 Å². The van der Waals surface area contributed by atoms with E-state index in [1.807, 2.05) is 7.05 Å². The Hall–Kier alpha value is -1.15. The van der Waals surface area contributed by atoms with Crippen LogP contribution in [0.2, 0.25) is 5.02 Å². The zero-order chi connectivity index (χ0) is 17.5. The van der Waals surface area contributed by atoms with Crippen LogP contribution >= 0.6 is 0 Å². The number of halogens is 1. The number of sulfonamides is 1. The van der Waals surface area contributed by atoms with Crippen molar-refractivity contribution in [1.82, 2.24) is 10.0 Å². The third-order valence-corrected chi connectivity index (χ3v) is 5.29. The molecule has 0 spiro atoms. The Morgan fingerprint density at radius 1 is 1.26 bits per heavy atom. The lowest BCUT2D eigenvalue weighted by Crippen LogP contribution is -2.50. The minimum atomic E-state index is -3.64. The number of carbonyl (C=O) groups excluding carboxylic acids is 1. The molecule has 0 aliphatic carbocycles. The minimum Gasteiger partial charge on any atom is -0.467 e. The predicted octanol–water partition coefficient (Wildman–Crippen LogP) is 0.690. The van der Waals surface area contributed by atoms with Crippen LogP contribution in [0.5, 0.6) is 0 Å². The number of unbranched alkanes of at least 4 members (excludes halogenated alkanes) is 1. The second kappa shape index (κ2) is 8.63. The van der Waals surface area contributed by atoms with Gasteiger partial charge in [-0.25, -0.2) is 13.2 Å². The van der Waals surface area contributed by atoms with E-state index in [-0.39, 0.29) is 5.75 Å². The molecule has 0 radical (unpaired) electrons. The first kappa shape index (κ1) is 19.9. The average molecular weight is 364 g/mol. The number of nitrogens with one attached hydrogen (secondary N) is 2. The third kappa shape index (κ3) is 5.76. The van der Waals surface area contributed by atoms with Crippen LogP contribution < -0.4 is 10.0 Å². The van der Waals surface area contributed by atoms with Crippen LogP contribution in [0.3, 0.4) is 0 Å². The summed E-state index contributed by atoms with van der Waals surface area (Å²) in [5.74, 6) is -0.728. The van der Waals surface area contributed by atoms with Gasteiger partial charge in [-0.2, -0.15) is 4.72 Å². The van der Waals surface area contributed by atoms with Gasteiger partial charge in [0.1, 0.15) is 0 Å². The van der Waals surface area contributed by atoms with Crippen LogP contribution in [0.15, 0.2) is 24.3 Å². The molecule has 130 valence electrons. The zero-order valence-corrected chi connectivity index (χ0v) is 15.2. The Balaban J connectivity index is 2.98. The Bertz CT molecular complexity index is 619. The van der Waals surface area contributed by atoms with E-state index in [9.17, 15) is 13.2 Å². The molecule has 0 saturated carbocycles. The third-order valence-electron chi connectivity index (χ3n) is 3.47. The number of hydrogen-bond donors (Lipinski definition) is 2. The number of rotatable bonds is 9. The first-order chi connectivity index (χ1) is 10.7. The molecule has 0 aliphatic heterocycles. The fraction of sp³-hybridized carbons (Fsp3) is 0.533. The summed E-state index contributed by atoms with van der Waals surface area (Å²) in [5, 5.41) is 3.57. The molecule has 1 rings (SSSR count). The molecule has 8 heteroatoms. The molecule has 2 N–H and O–H groups in total. The molecule has 23 heavy (non-hydrogen) atoms. The van der Waals surface area contributed by atoms with Gasteiger partial charge in [0.25, 0.3) is 0 Å². The van der Waals surface area contributed by atoms with Gasteiger partial charge in [-0.05, 0) is 38.9 Å². The van der Waals surface area contributed by atoms with E-state index in [0.29, 0.717) is 17.0 Å². The highest BCUT2D eigenvalue weighted by Gasteiger charge is 2.40. The molecule has 6 nitrogen and oxygen atoms in total. The van der Waals surface area contributed by atoms with Gasteiger partial charge in [0, 0.05) is 12.1 Å². The van der Waals surface area contributed by atoms with Crippen molar-refractivity contribution in [3.05, 3.63) is 34.9 Å². The number of hydrogen-bond acceptors (Lipinski definition) is 5. The first-order valence-electron chi connectivity index (χ1n) is 7.27. The van der Waals surface area contributed by atoms with Gasteiger partial charge in [0.2, 0.25) is 15.0 Å². The Morgan fingerprint density at radius 2 is 1.87 bits per heavy atom. The molecule has 0 saturated heterocycles. The maximum atomic E-state index is 12.3. The van der Waals surface area contributed by atoms with Gasteiger partial charge in [-0.3, -0.25) is 0 Å². The minimum absolute atomic E-state index is 0.0552. The molecule has 1 atom stereocenters. The molecule has 1 aromatic rings. The topological polar surface area (TPSA) is 84.5 Å². The number of esters is 1. The van der Waals surface area contributed by atoms with Crippen molar-refractivity contribution >= 4 is 16.0 Å². The molecule has 0 bridgehead atoms. The van der Waals surface area contributed by atoms with Crippen LogP contribution in [0, 0.1) is 11.6 Å². The normalized spacial score (nSPS) is 14.3. The van der Waals surface area contributed by atoms with Crippen molar-refractivity contribution < 1.29 is 29.6 Å². The Labute approximate surface area is 142 Å². The molecule has 0 heterocycles. The van der Waals surface area contributed by atoms with E-state index in [2.05, 4.69) is 10.0 Å². The summed E-state index contributed by atoms with van der Waals surface area (Å²) in [5.41, 5.74) is -1.00. The lowest BCUT2D eigenvalue weighted by molar-refractivity contribution is -0.288. The summed E-state index contributed by atoms with van der Waals surface area (Å²) in [6.45, 7) is 2.23. The number of ether oxygens (including phenoxy) is 1. The SMILES string of the molecule is CNCCCCS(=O)(=O)NC(C)(C(=O)OC)c1ccc([ClH+])cc1. The molecule has 1 unspecified atom stereocenters. The summed E-state index contributed by atoms with van der Waals surface area (Å²) in [4.78, 5) is 12.2. The van der Waals surface area contributed by atoms with Crippen molar-refractivity contribution in [3.63, 3.8) is 0 Å². The largest absolute Gasteiger partial charge is 0.467 e. The fourth-order valence-corrected chi connectivity index (χ4v) is 3.81. The summed E-state index contributed by atoms with van der Waals surface area (Å²) in [6.07, 6.45) is 1.23. The molecule has 0 fully saturated rings. The van der Waals surface area contributed by atoms with Crippen LogP contribution in [0.1, 0.15) is 25.3 Å². The van der Waals surface area contributed by atoms with Crippen molar-refractivity contribution in [2.75, 3.05) is 26.5 Å². The predicted molar refractivity (Wildman–Crippen MR) is 86.4 cm³/mol. The highest BCUT2D eigenvalue weighted by Crippen LogP contribution is 2.24. The first-order valence-corrected chi connectivity index (χ1v) is 9.33. The Kier molecular flexibility index (Phi) is 7.47. The van der Waals surface area contributed by atoms with Gasteiger partial charge in [-0.1, -0.05) is 12.1 Å². The van der Waals surface area contributed by atoms with Gasteiger partial charge < -0.3 is 10.1 Å². The van der Waals surface area contributed by atoms with E-state index < -0.39 is 21.5 Å². The highest BCUT2D eigenvalue weighted by atomic mass is 35.5. The van der Waals surface area contributed by atoms with E-state index >= 15 is 0 Å². The Morgan fingerprint density at radius 3 is 2.39 bits per heavy atom. The second-order valence-corrected chi connectivity index (χ2v) is 7.69. The molecular weight excluding hydrogens is 340 g/mol. The van der Waals surface area contributed by atoms with Gasteiger partial charge >= 0.3 is 5.97 Å². The number of carbonyl (C=O) groups is 1. The molecule has 0 aromatic heterocycles. The zero-order valence-electron chi connectivity index (χ0n) is 13.6.